The van der Waals surface area contributed by atoms with Crippen molar-refractivity contribution >= 4 is 22.6 Å². The summed E-state index contributed by atoms with van der Waals surface area (Å²) >= 11 is 0. The highest BCUT2D eigenvalue weighted by Crippen LogP contribution is 2.21. The van der Waals surface area contributed by atoms with Gasteiger partial charge < -0.3 is 20.2 Å². The lowest BCUT2D eigenvalue weighted by Gasteiger charge is -2.02. The number of ether oxygens (including phenoxy) is 1. The molecule has 1 heterocycles. The number of unbranched alkanes of at least 4 members (excludes halogenated alkanes) is 1. The highest BCUT2D eigenvalue weighted by atomic mass is 16.5. The molecule has 0 aliphatic heterocycles. The summed E-state index contributed by atoms with van der Waals surface area (Å²) in [6, 6.07) is 7.00. The first kappa shape index (κ1) is 13.4. The quantitative estimate of drug-likeness (QED) is 0.618. The fraction of sp³-hybridized carbons (Fsp3) is 0.357. The largest absolute Gasteiger partial charge is 0.451 e. The number of carbonyl (C=O) groups excluding carboxylic acids is 1. The van der Waals surface area contributed by atoms with E-state index < -0.39 is 0 Å². The number of hydrogen-bond donors (Lipinski definition) is 2. The number of amides is 1. The van der Waals surface area contributed by atoms with Crippen molar-refractivity contribution < 1.29 is 13.9 Å². The highest BCUT2D eigenvalue weighted by Gasteiger charge is 2.11. The van der Waals surface area contributed by atoms with E-state index in [1.807, 2.05) is 0 Å². The van der Waals surface area contributed by atoms with Crippen LogP contribution in [-0.2, 0) is 4.74 Å². The Morgan fingerprint density at radius 3 is 3.00 bits per heavy atom. The Morgan fingerprint density at radius 2 is 2.21 bits per heavy atom. The zero-order valence-electron chi connectivity index (χ0n) is 10.9. The third-order valence-electron chi connectivity index (χ3n) is 2.82. The number of nitrogens with one attached hydrogen (secondary N) is 1. The molecule has 5 heteroatoms. The Bertz CT molecular complexity index is 563. The van der Waals surface area contributed by atoms with E-state index >= 15 is 0 Å². The van der Waals surface area contributed by atoms with Crippen molar-refractivity contribution in [2.45, 2.75) is 12.8 Å². The molecule has 0 fully saturated rings. The predicted molar refractivity (Wildman–Crippen MR) is 74.1 cm³/mol. The molecule has 5 nitrogen and oxygen atoms in total. The van der Waals surface area contributed by atoms with Gasteiger partial charge >= 0.3 is 0 Å². The minimum absolute atomic E-state index is 0.202. The van der Waals surface area contributed by atoms with Crippen LogP contribution >= 0.6 is 0 Å². The molecule has 1 amide bonds. The monoisotopic (exact) mass is 262 g/mol. The maximum atomic E-state index is 11.9. The molecule has 2 aromatic rings. The van der Waals surface area contributed by atoms with Crippen molar-refractivity contribution in [1.29, 1.82) is 0 Å². The topological polar surface area (TPSA) is 77.5 Å². The van der Waals surface area contributed by atoms with E-state index in [9.17, 15) is 4.79 Å². The third-order valence-corrected chi connectivity index (χ3v) is 2.82. The Morgan fingerprint density at radius 1 is 1.37 bits per heavy atom. The van der Waals surface area contributed by atoms with Crippen LogP contribution in [0.4, 0.5) is 5.69 Å². The first-order valence-electron chi connectivity index (χ1n) is 6.27. The van der Waals surface area contributed by atoms with Crippen molar-refractivity contribution in [2.75, 3.05) is 26.0 Å². The summed E-state index contributed by atoms with van der Waals surface area (Å²) in [6.07, 6.45) is 1.81. The second-order valence-corrected chi connectivity index (χ2v) is 4.36. The first-order valence-corrected chi connectivity index (χ1v) is 6.27. The van der Waals surface area contributed by atoms with E-state index in [-0.39, 0.29) is 5.91 Å². The molecule has 0 saturated carbocycles. The Labute approximate surface area is 111 Å². The smallest absolute Gasteiger partial charge is 0.287 e. The van der Waals surface area contributed by atoms with Gasteiger partial charge in [-0.3, -0.25) is 4.79 Å². The maximum absolute atomic E-state index is 11.9. The second kappa shape index (κ2) is 6.24. The third kappa shape index (κ3) is 3.48. The van der Waals surface area contributed by atoms with Crippen molar-refractivity contribution in [3.63, 3.8) is 0 Å². The number of methoxy groups -OCH3 is 1. The van der Waals surface area contributed by atoms with Crippen molar-refractivity contribution in [2.24, 2.45) is 0 Å². The van der Waals surface area contributed by atoms with Gasteiger partial charge in [0.15, 0.2) is 5.76 Å². The van der Waals surface area contributed by atoms with Gasteiger partial charge in [-0.05, 0) is 37.1 Å². The minimum atomic E-state index is -0.202. The van der Waals surface area contributed by atoms with Gasteiger partial charge in [0.25, 0.3) is 5.91 Å². The fourth-order valence-corrected chi connectivity index (χ4v) is 1.83. The average molecular weight is 262 g/mol. The molecule has 102 valence electrons. The van der Waals surface area contributed by atoms with Gasteiger partial charge in [-0.1, -0.05) is 0 Å². The van der Waals surface area contributed by atoms with Gasteiger partial charge in [0.2, 0.25) is 0 Å². The molecule has 0 aliphatic carbocycles. The zero-order valence-corrected chi connectivity index (χ0v) is 10.9. The van der Waals surface area contributed by atoms with Crippen molar-refractivity contribution in [3.05, 3.63) is 30.0 Å². The molecular weight excluding hydrogens is 244 g/mol. The number of benzene rings is 1. The molecular formula is C14H18N2O3. The Kier molecular flexibility index (Phi) is 4.41. The Hall–Kier alpha value is -2.01. The second-order valence-electron chi connectivity index (χ2n) is 4.36. The van der Waals surface area contributed by atoms with E-state index in [1.165, 1.54) is 0 Å². The van der Waals surface area contributed by atoms with Gasteiger partial charge in [-0.2, -0.15) is 0 Å². The van der Waals surface area contributed by atoms with Crippen LogP contribution in [-0.4, -0.2) is 26.2 Å². The van der Waals surface area contributed by atoms with Crippen LogP contribution in [0.1, 0.15) is 23.4 Å². The summed E-state index contributed by atoms with van der Waals surface area (Å²) in [6.45, 7) is 1.32. The van der Waals surface area contributed by atoms with Crippen LogP contribution in [0.3, 0.4) is 0 Å². The van der Waals surface area contributed by atoms with E-state index in [0.29, 0.717) is 30.2 Å². The van der Waals surface area contributed by atoms with E-state index in [4.69, 9.17) is 14.9 Å². The number of furan rings is 1. The number of rotatable bonds is 6. The molecule has 0 atom stereocenters. The van der Waals surface area contributed by atoms with E-state index in [0.717, 1.165) is 18.2 Å². The molecule has 3 N–H and O–H groups in total. The van der Waals surface area contributed by atoms with Crippen molar-refractivity contribution in [1.82, 2.24) is 5.32 Å². The van der Waals surface area contributed by atoms with Crippen LogP contribution in [0.5, 0.6) is 0 Å². The number of nitrogens with two attached hydrogens (primary N) is 1. The lowest BCUT2D eigenvalue weighted by Crippen LogP contribution is -2.24. The zero-order chi connectivity index (χ0) is 13.7. The highest BCUT2D eigenvalue weighted by molar-refractivity contribution is 5.96. The van der Waals surface area contributed by atoms with Crippen molar-refractivity contribution in [3.8, 4) is 0 Å². The molecule has 0 spiro atoms. The van der Waals surface area contributed by atoms with Crippen LogP contribution in [0.2, 0.25) is 0 Å². The predicted octanol–water partition coefficient (Wildman–Crippen LogP) is 2.17. The summed E-state index contributed by atoms with van der Waals surface area (Å²) in [7, 11) is 1.67. The average Bonchev–Trinajstić information content (AvgIpc) is 2.81. The maximum Gasteiger partial charge on any atom is 0.287 e. The number of carbonyl (C=O) groups is 1. The van der Waals surface area contributed by atoms with E-state index in [1.54, 1.807) is 31.4 Å². The number of nitrogen functional groups attached to an aromatic ring is 1. The molecule has 1 aromatic carbocycles. The molecule has 0 unspecified atom stereocenters. The van der Waals surface area contributed by atoms with Gasteiger partial charge in [-0.15, -0.1) is 0 Å². The van der Waals surface area contributed by atoms with Gasteiger partial charge in [-0.25, -0.2) is 0 Å². The number of anilines is 1. The van der Waals surface area contributed by atoms with Gasteiger partial charge in [0, 0.05) is 31.3 Å². The SMILES string of the molecule is COCCCCNC(=O)c1cc2cc(N)ccc2o1. The molecule has 1 aromatic heterocycles. The molecule has 0 radical (unpaired) electrons. The molecule has 0 aliphatic rings. The Balaban J connectivity index is 1.94. The van der Waals surface area contributed by atoms with E-state index in [2.05, 4.69) is 5.32 Å². The summed E-state index contributed by atoms with van der Waals surface area (Å²) < 4.78 is 10.4. The summed E-state index contributed by atoms with van der Waals surface area (Å²) in [5.41, 5.74) is 7.00. The van der Waals surface area contributed by atoms with Crippen LogP contribution < -0.4 is 11.1 Å². The normalized spacial score (nSPS) is 10.8. The molecule has 19 heavy (non-hydrogen) atoms. The fourth-order valence-electron chi connectivity index (χ4n) is 1.83. The summed E-state index contributed by atoms with van der Waals surface area (Å²) in [4.78, 5) is 11.9. The molecule has 0 bridgehead atoms. The van der Waals surface area contributed by atoms with Crippen LogP contribution in [0, 0.1) is 0 Å². The lowest BCUT2D eigenvalue weighted by molar-refractivity contribution is 0.0926. The summed E-state index contributed by atoms with van der Waals surface area (Å²) in [5.74, 6) is 0.111. The van der Waals surface area contributed by atoms with Gasteiger partial charge in [0.05, 0.1) is 0 Å². The lowest BCUT2D eigenvalue weighted by atomic mass is 10.2. The minimum Gasteiger partial charge on any atom is -0.451 e. The van der Waals surface area contributed by atoms with Gasteiger partial charge in [0.1, 0.15) is 5.58 Å². The first-order chi connectivity index (χ1) is 9.20. The number of hydrogen-bond acceptors (Lipinski definition) is 4. The summed E-state index contributed by atoms with van der Waals surface area (Å²) in [5, 5.41) is 3.65. The molecule has 0 saturated heterocycles. The van der Waals surface area contributed by atoms with Crippen LogP contribution in [0.25, 0.3) is 11.0 Å². The molecule has 2 rings (SSSR count). The number of fused-ring (bicyclic) bond motifs is 1. The standard InChI is InChI=1S/C14H18N2O3/c1-18-7-3-2-6-16-14(17)13-9-10-8-11(15)4-5-12(10)19-13/h4-5,8-9H,2-3,6-7,15H2,1H3,(H,16,17). The van der Waals surface area contributed by atoms with Crippen LogP contribution in [0.15, 0.2) is 28.7 Å².